The predicted octanol–water partition coefficient (Wildman–Crippen LogP) is 2.42. The fourth-order valence-electron chi connectivity index (χ4n) is 4.36. The van der Waals surface area contributed by atoms with Crippen LogP contribution in [0.2, 0.25) is 0 Å². The predicted molar refractivity (Wildman–Crippen MR) is 84.7 cm³/mol. The molecule has 0 spiro atoms. The van der Waals surface area contributed by atoms with Crippen LogP contribution < -0.4 is 5.32 Å². The second-order valence-corrected chi connectivity index (χ2v) is 7.13. The molecule has 5 nitrogen and oxygen atoms in total. The van der Waals surface area contributed by atoms with Crippen molar-refractivity contribution >= 4 is 6.03 Å². The third-order valence-corrected chi connectivity index (χ3v) is 5.48. The quantitative estimate of drug-likeness (QED) is 0.619. The van der Waals surface area contributed by atoms with Gasteiger partial charge in [0, 0.05) is 18.6 Å². The minimum Gasteiger partial charge on any atom is -0.393 e. The van der Waals surface area contributed by atoms with Gasteiger partial charge in [-0.05, 0) is 38.5 Å². The number of urea groups is 1. The van der Waals surface area contributed by atoms with Gasteiger partial charge in [-0.2, -0.15) is 0 Å². The van der Waals surface area contributed by atoms with Crippen molar-refractivity contribution in [2.24, 2.45) is 0 Å². The van der Waals surface area contributed by atoms with Crippen LogP contribution in [0, 0.1) is 0 Å². The molecule has 1 aliphatic carbocycles. The Hall–Kier alpha value is -0.810. The molecule has 2 aliphatic heterocycles. The van der Waals surface area contributed by atoms with Crippen molar-refractivity contribution in [3.63, 3.8) is 0 Å². The van der Waals surface area contributed by atoms with E-state index < -0.39 is 0 Å². The van der Waals surface area contributed by atoms with Gasteiger partial charge in [0.2, 0.25) is 0 Å². The zero-order chi connectivity index (χ0) is 15.4. The van der Waals surface area contributed by atoms with Crippen LogP contribution in [0.1, 0.15) is 64.2 Å². The molecular weight excluding hydrogens is 280 g/mol. The Balaban J connectivity index is 1.36. The van der Waals surface area contributed by atoms with E-state index in [1.54, 1.807) is 0 Å². The number of carbonyl (C=O) groups is 1. The topological polar surface area (TPSA) is 61.8 Å². The first kappa shape index (κ1) is 16.1. The minimum absolute atomic E-state index is 0.0314. The van der Waals surface area contributed by atoms with Gasteiger partial charge in [-0.25, -0.2) is 4.79 Å². The van der Waals surface area contributed by atoms with Crippen LogP contribution in [-0.2, 0) is 4.74 Å². The van der Waals surface area contributed by atoms with Crippen LogP contribution in [0.4, 0.5) is 4.79 Å². The number of rotatable bonds is 4. The van der Waals surface area contributed by atoms with E-state index in [0.717, 1.165) is 25.7 Å². The van der Waals surface area contributed by atoms with Crippen molar-refractivity contribution in [3.8, 4) is 0 Å². The summed E-state index contributed by atoms with van der Waals surface area (Å²) in [5.41, 5.74) is 0. The molecule has 0 aromatic heterocycles. The smallest absolute Gasteiger partial charge is 0.317 e. The molecule has 3 aliphatic rings. The van der Waals surface area contributed by atoms with Gasteiger partial charge in [-0.15, -0.1) is 0 Å². The van der Waals surface area contributed by atoms with E-state index in [0.29, 0.717) is 19.3 Å². The number of ether oxygens (including phenoxy) is 1. The Kier molecular flexibility index (Phi) is 5.58. The maximum atomic E-state index is 12.3. The highest BCUT2D eigenvalue weighted by Gasteiger charge is 2.42. The van der Waals surface area contributed by atoms with Crippen LogP contribution in [0.3, 0.4) is 0 Å². The summed E-state index contributed by atoms with van der Waals surface area (Å²) in [4.78, 5) is 14.3. The van der Waals surface area contributed by atoms with Gasteiger partial charge in [0.05, 0.1) is 18.8 Å². The summed E-state index contributed by atoms with van der Waals surface area (Å²) in [5.74, 6) is 0. The van der Waals surface area contributed by atoms with Crippen molar-refractivity contribution in [2.45, 2.75) is 88.5 Å². The second-order valence-electron chi connectivity index (χ2n) is 7.13. The summed E-state index contributed by atoms with van der Waals surface area (Å²) in [6.45, 7) is 1.20. The maximum absolute atomic E-state index is 12.3. The number of fused-ring (bicyclic) bond motifs is 2. The summed E-state index contributed by atoms with van der Waals surface area (Å²) < 4.78 is 5.91. The largest absolute Gasteiger partial charge is 0.393 e. The van der Waals surface area contributed by atoms with Crippen molar-refractivity contribution in [1.29, 1.82) is 0 Å². The average Bonchev–Trinajstić information content (AvgIpc) is 2.70. The first-order chi connectivity index (χ1) is 10.7. The molecule has 2 heterocycles. The van der Waals surface area contributed by atoms with Crippen molar-refractivity contribution in [2.75, 3.05) is 13.2 Å². The summed E-state index contributed by atoms with van der Waals surface area (Å²) in [6, 6.07) is 0.497. The number of hydrogen-bond donors (Lipinski definition) is 2. The molecule has 2 saturated heterocycles. The fraction of sp³-hybridized carbons (Fsp3) is 0.941. The number of carbonyl (C=O) groups excluding carboxylic acids is 1. The van der Waals surface area contributed by atoms with Crippen molar-refractivity contribution < 1.29 is 14.6 Å². The molecule has 3 rings (SSSR count). The summed E-state index contributed by atoms with van der Waals surface area (Å²) in [5, 5.41) is 12.8. The molecule has 2 atom stereocenters. The highest BCUT2D eigenvalue weighted by Crippen LogP contribution is 2.35. The monoisotopic (exact) mass is 310 g/mol. The third-order valence-electron chi connectivity index (χ3n) is 5.48. The molecule has 3 fully saturated rings. The van der Waals surface area contributed by atoms with Crippen LogP contribution in [0.15, 0.2) is 0 Å². The molecule has 1 saturated carbocycles. The molecule has 0 radical (unpaired) electrons. The molecule has 22 heavy (non-hydrogen) atoms. The standard InChI is InChI=1S/C17H30N2O3/c20-15-11-13-7-8-14(12-15)19(13)17(21)18-9-10-22-16-5-3-1-2-4-6-16/h13-16,20H,1-12H2,(H,18,21)/t13-,14-/m0/s1. The minimum atomic E-state index is -0.222. The van der Waals surface area contributed by atoms with Crippen molar-refractivity contribution in [3.05, 3.63) is 0 Å². The SMILES string of the molecule is O=C(NCCOC1CCCCCC1)N1[C@H]2CC[C@H]1CC(O)C2. The molecular formula is C17H30N2O3. The van der Waals surface area contributed by atoms with Crippen molar-refractivity contribution in [1.82, 2.24) is 10.2 Å². The molecule has 0 aromatic rings. The molecule has 2 amide bonds. The summed E-state index contributed by atoms with van der Waals surface area (Å²) in [7, 11) is 0. The lowest BCUT2D eigenvalue weighted by atomic mass is 10.0. The summed E-state index contributed by atoms with van der Waals surface area (Å²) in [6.07, 6.45) is 11.3. The molecule has 2 N–H and O–H groups in total. The van der Waals surface area contributed by atoms with E-state index >= 15 is 0 Å². The third kappa shape index (κ3) is 3.93. The van der Waals surface area contributed by atoms with E-state index in [4.69, 9.17) is 4.74 Å². The Morgan fingerprint density at radius 2 is 1.68 bits per heavy atom. The molecule has 5 heteroatoms. The Morgan fingerprint density at radius 1 is 1.05 bits per heavy atom. The van der Waals surface area contributed by atoms with Gasteiger partial charge < -0.3 is 20.1 Å². The normalized spacial score (nSPS) is 32.8. The lowest BCUT2D eigenvalue weighted by Crippen LogP contribution is -2.52. The summed E-state index contributed by atoms with van der Waals surface area (Å²) >= 11 is 0. The van der Waals surface area contributed by atoms with Crippen LogP contribution >= 0.6 is 0 Å². The van der Waals surface area contributed by atoms with Gasteiger partial charge in [-0.3, -0.25) is 0 Å². The van der Waals surface area contributed by atoms with E-state index in [9.17, 15) is 9.90 Å². The zero-order valence-electron chi connectivity index (χ0n) is 13.5. The highest BCUT2D eigenvalue weighted by molar-refractivity contribution is 5.75. The molecule has 126 valence electrons. The first-order valence-corrected chi connectivity index (χ1v) is 9.10. The average molecular weight is 310 g/mol. The fourth-order valence-corrected chi connectivity index (χ4v) is 4.36. The molecule has 0 aromatic carbocycles. The molecule has 0 unspecified atom stereocenters. The number of nitrogens with one attached hydrogen (secondary N) is 1. The van der Waals surface area contributed by atoms with Crippen LogP contribution in [-0.4, -0.2) is 53.5 Å². The number of aliphatic hydroxyl groups excluding tert-OH is 1. The zero-order valence-corrected chi connectivity index (χ0v) is 13.5. The number of piperidine rings is 1. The number of aliphatic hydroxyl groups is 1. The van der Waals surface area contributed by atoms with Gasteiger partial charge >= 0.3 is 6.03 Å². The van der Waals surface area contributed by atoms with E-state index in [1.165, 1.54) is 38.5 Å². The molecule has 2 bridgehead atoms. The Morgan fingerprint density at radius 3 is 2.32 bits per heavy atom. The highest BCUT2D eigenvalue weighted by atomic mass is 16.5. The first-order valence-electron chi connectivity index (χ1n) is 9.10. The number of hydrogen-bond acceptors (Lipinski definition) is 3. The van der Waals surface area contributed by atoms with Gasteiger partial charge in [-0.1, -0.05) is 25.7 Å². The van der Waals surface area contributed by atoms with E-state index in [-0.39, 0.29) is 24.2 Å². The van der Waals surface area contributed by atoms with Gasteiger partial charge in [0.15, 0.2) is 0 Å². The second kappa shape index (κ2) is 7.64. The lowest BCUT2D eigenvalue weighted by Gasteiger charge is -2.37. The van der Waals surface area contributed by atoms with Crippen LogP contribution in [0.5, 0.6) is 0 Å². The number of nitrogens with zero attached hydrogens (tertiary/aromatic N) is 1. The Labute approximate surface area is 133 Å². The van der Waals surface area contributed by atoms with Gasteiger partial charge in [0.25, 0.3) is 0 Å². The maximum Gasteiger partial charge on any atom is 0.317 e. The van der Waals surface area contributed by atoms with E-state index in [1.807, 2.05) is 4.90 Å². The van der Waals surface area contributed by atoms with Gasteiger partial charge in [0.1, 0.15) is 0 Å². The van der Waals surface area contributed by atoms with E-state index in [2.05, 4.69) is 5.32 Å². The van der Waals surface area contributed by atoms with Crippen LogP contribution in [0.25, 0.3) is 0 Å². The number of amides is 2. The Bertz CT molecular complexity index is 355. The lowest BCUT2D eigenvalue weighted by molar-refractivity contribution is 0.0401.